The highest BCUT2D eigenvalue weighted by Crippen LogP contribution is 2.13. The number of aryl methyl sites for hydroxylation is 1. The van der Waals surface area contributed by atoms with Gasteiger partial charge in [-0.3, -0.25) is 4.79 Å². The predicted molar refractivity (Wildman–Crippen MR) is 75.5 cm³/mol. The summed E-state index contributed by atoms with van der Waals surface area (Å²) in [4.78, 5) is 11.7. The molecule has 18 heavy (non-hydrogen) atoms. The van der Waals surface area contributed by atoms with Gasteiger partial charge in [0.2, 0.25) is 5.91 Å². The Bertz CT molecular complexity index is 407. The largest absolute Gasteiger partial charge is 0.350 e. The summed E-state index contributed by atoms with van der Waals surface area (Å²) < 4.78 is 0. The van der Waals surface area contributed by atoms with Crippen LogP contribution in [0.3, 0.4) is 0 Å². The molecule has 1 aromatic carbocycles. The van der Waals surface area contributed by atoms with Crippen molar-refractivity contribution in [3.63, 3.8) is 0 Å². The summed E-state index contributed by atoms with van der Waals surface area (Å²) in [5, 5.41) is 6.17. The van der Waals surface area contributed by atoms with Crippen molar-refractivity contribution in [2.24, 2.45) is 0 Å². The molecule has 0 spiro atoms. The predicted octanol–water partition coefficient (Wildman–Crippen LogP) is 2.56. The van der Waals surface area contributed by atoms with Crippen molar-refractivity contribution in [3.05, 3.63) is 35.4 Å². The average molecular weight is 248 g/mol. The number of benzene rings is 1. The topological polar surface area (TPSA) is 41.1 Å². The molecular formula is C15H24N2O. The first kappa shape index (κ1) is 14.7. The molecule has 1 amide bonds. The van der Waals surface area contributed by atoms with E-state index >= 15 is 0 Å². The minimum atomic E-state index is -0.175. The summed E-state index contributed by atoms with van der Waals surface area (Å²) in [6.07, 6.45) is 0. The van der Waals surface area contributed by atoms with E-state index < -0.39 is 0 Å². The van der Waals surface area contributed by atoms with Gasteiger partial charge in [0.05, 0.1) is 6.54 Å². The Morgan fingerprint density at radius 1 is 1.33 bits per heavy atom. The highest BCUT2D eigenvalue weighted by atomic mass is 16.2. The lowest BCUT2D eigenvalue weighted by molar-refractivity contribution is -0.121. The molecule has 0 heterocycles. The van der Waals surface area contributed by atoms with Crippen LogP contribution in [0.1, 0.15) is 44.9 Å². The molecule has 1 aromatic rings. The Labute approximate surface area is 110 Å². The van der Waals surface area contributed by atoms with Crippen molar-refractivity contribution in [1.82, 2.24) is 10.6 Å². The maximum absolute atomic E-state index is 11.7. The summed E-state index contributed by atoms with van der Waals surface area (Å²) in [5.41, 5.74) is 2.27. The van der Waals surface area contributed by atoms with E-state index in [1.165, 1.54) is 11.1 Å². The van der Waals surface area contributed by atoms with E-state index in [1.807, 2.05) is 26.8 Å². The van der Waals surface area contributed by atoms with Gasteiger partial charge in [-0.15, -0.1) is 0 Å². The van der Waals surface area contributed by atoms with Gasteiger partial charge in [0.25, 0.3) is 0 Å². The van der Waals surface area contributed by atoms with Crippen LogP contribution in [0, 0.1) is 6.92 Å². The van der Waals surface area contributed by atoms with E-state index in [0.29, 0.717) is 6.54 Å². The van der Waals surface area contributed by atoms with Crippen LogP contribution in [0.5, 0.6) is 0 Å². The smallest absolute Gasteiger partial charge is 0.234 e. The van der Waals surface area contributed by atoms with Crippen molar-refractivity contribution >= 4 is 5.91 Å². The maximum Gasteiger partial charge on any atom is 0.234 e. The molecule has 0 aliphatic carbocycles. The lowest BCUT2D eigenvalue weighted by Gasteiger charge is -2.22. The minimum Gasteiger partial charge on any atom is -0.350 e. The summed E-state index contributed by atoms with van der Waals surface area (Å²) in [6, 6.07) is 8.50. The zero-order valence-corrected chi connectivity index (χ0v) is 12.0. The van der Waals surface area contributed by atoms with E-state index in [1.54, 1.807) is 0 Å². The van der Waals surface area contributed by atoms with Gasteiger partial charge in [0.15, 0.2) is 0 Å². The molecule has 2 N–H and O–H groups in total. The monoisotopic (exact) mass is 248 g/mol. The van der Waals surface area contributed by atoms with Crippen molar-refractivity contribution < 1.29 is 4.79 Å². The third-order valence-corrected chi connectivity index (χ3v) is 2.63. The third-order valence-electron chi connectivity index (χ3n) is 2.63. The molecule has 100 valence electrons. The Kier molecular flexibility index (Phi) is 4.91. The van der Waals surface area contributed by atoms with Crippen LogP contribution in [0.15, 0.2) is 24.3 Å². The summed E-state index contributed by atoms with van der Waals surface area (Å²) in [5.74, 6) is 0.0296. The standard InChI is InChI=1S/C15H24N2O/c1-11-7-6-8-13(9-11)12(2)16-10-14(18)17-15(3,4)5/h6-9,12,16H,10H2,1-5H3,(H,17,18)/t12-/m1/s1. The lowest BCUT2D eigenvalue weighted by atomic mass is 10.1. The van der Waals surface area contributed by atoms with E-state index in [4.69, 9.17) is 0 Å². The van der Waals surface area contributed by atoms with E-state index in [0.717, 1.165) is 0 Å². The number of carbonyl (C=O) groups is 1. The van der Waals surface area contributed by atoms with Gasteiger partial charge in [-0.1, -0.05) is 29.8 Å². The van der Waals surface area contributed by atoms with Gasteiger partial charge in [-0.05, 0) is 40.2 Å². The van der Waals surface area contributed by atoms with Gasteiger partial charge < -0.3 is 10.6 Å². The first-order valence-electron chi connectivity index (χ1n) is 6.39. The van der Waals surface area contributed by atoms with Crippen LogP contribution in [-0.4, -0.2) is 18.0 Å². The zero-order chi connectivity index (χ0) is 13.8. The van der Waals surface area contributed by atoms with Crippen molar-refractivity contribution in [2.75, 3.05) is 6.54 Å². The Morgan fingerprint density at radius 3 is 2.56 bits per heavy atom. The quantitative estimate of drug-likeness (QED) is 0.860. The second kappa shape index (κ2) is 6.01. The molecule has 0 fully saturated rings. The van der Waals surface area contributed by atoms with Crippen LogP contribution >= 0.6 is 0 Å². The van der Waals surface area contributed by atoms with Crippen molar-refractivity contribution in [2.45, 2.75) is 46.2 Å². The average Bonchev–Trinajstić information content (AvgIpc) is 2.23. The zero-order valence-electron chi connectivity index (χ0n) is 12.0. The molecule has 1 rings (SSSR count). The minimum absolute atomic E-state index is 0.0296. The Hall–Kier alpha value is -1.35. The van der Waals surface area contributed by atoms with Crippen LogP contribution in [0.2, 0.25) is 0 Å². The molecule has 0 aromatic heterocycles. The number of hydrogen-bond acceptors (Lipinski definition) is 2. The second-order valence-corrected chi connectivity index (χ2v) is 5.81. The van der Waals surface area contributed by atoms with Crippen molar-refractivity contribution in [3.8, 4) is 0 Å². The van der Waals surface area contributed by atoms with E-state index in [2.05, 4.69) is 42.7 Å². The number of hydrogen-bond donors (Lipinski definition) is 2. The number of carbonyl (C=O) groups excluding carboxylic acids is 1. The van der Waals surface area contributed by atoms with Gasteiger partial charge in [-0.2, -0.15) is 0 Å². The number of nitrogens with one attached hydrogen (secondary N) is 2. The van der Waals surface area contributed by atoms with Crippen LogP contribution in [0.4, 0.5) is 0 Å². The molecule has 0 aliphatic heterocycles. The van der Waals surface area contributed by atoms with Crippen LogP contribution < -0.4 is 10.6 Å². The molecule has 0 bridgehead atoms. The third kappa shape index (κ3) is 5.32. The molecular weight excluding hydrogens is 224 g/mol. The van der Waals surface area contributed by atoms with Gasteiger partial charge in [-0.25, -0.2) is 0 Å². The molecule has 0 radical (unpaired) electrons. The van der Waals surface area contributed by atoms with Gasteiger partial charge in [0, 0.05) is 11.6 Å². The highest BCUT2D eigenvalue weighted by molar-refractivity contribution is 5.78. The first-order chi connectivity index (χ1) is 8.28. The molecule has 0 aliphatic rings. The molecule has 3 heteroatoms. The Morgan fingerprint density at radius 2 is 2.00 bits per heavy atom. The maximum atomic E-state index is 11.7. The fraction of sp³-hybridized carbons (Fsp3) is 0.533. The number of rotatable bonds is 4. The molecule has 0 saturated carbocycles. The molecule has 0 saturated heterocycles. The van der Waals surface area contributed by atoms with E-state index in [9.17, 15) is 4.79 Å². The van der Waals surface area contributed by atoms with Crippen LogP contribution in [0.25, 0.3) is 0 Å². The summed E-state index contributed by atoms with van der Waals surface area (Å²) >= 11 is 0. The SMILES string of the molecule is Cc1cccc([C@@H](C)NCC(=O)NC(C)(C)C)c1. The normalized spacial score (nSPS) is 13.2. The van der Waals surface area contributed by atoms with Crippen LogP contribution in [-0.2, 0) is 4.79 Å². The summed E-state index contributed by atoms with van der Waals surface area (Å²) in [6.45, 7) is 10.4. The lowest BCUT2D eigenvalue weighted by Crippen LogP contribution is -2.45. The fourth-order valence-corrected chi connectivity index (χ4v) is 1.77. The molecule has 0 unspecified atom stereocenters. The molecule has 1 atom stereocenters. The molecule has 3 nitrogen and oxygen atoms in total. The van der Waals surface area contributed by atoms with Crippen molar-refractivity contribution in [1.29, 1.82) is 0 Å². The van der Waals surface area contributed by atoms with Gasteiger partial charge in [0.1, 0.15) is 0 Å². The second-order valence-electron chi connectivity index (χ2n) is 5.81. The number of amides is 1. The fourth-order valence-electron chi connectivity index (χ4n) is 1.77. The first-order valence-corrected chi connectivity index (χ1v) is 6.39. The highest BCUT2D eigenvalue weighted by Gasteiger charge is 2.14. The Balaban J connectivity index is 2.46. The van der Waals surface area contributed by atoms with Gasteiger partial charge >= 0.3 is 0 Å². The summed E-state index contributed by atoms with van der Waals surface area (Å²) in [7, 11) is 0. The van der Waals surface area contributed by atoms with E-state index in [-0.39, 0.29) is 17.5 Å².